The maximum Gasteiger partial charge on any atom is 0.200 e. The summed E-state index contributed by atoms with van der Waals surface area (Å²) in [7, 11) is 2.94. The van der Waals surface area contributed by atoms with Crippen LogP contribution in [0.2, 0.25) is 0 Å². The minimum absolute atomic E-state index is 0.0918. The molecule has 0 fully saturated rings. The van der Waals surface area contributed by atoms with Gasteiger partial charge < -0.3 is 34.6 Å². The molecule has 1 aliphatic heterocycles. The van der Waals surface area contributed by atoms with Crippen LogP contribution < -0.4 is 14.2 Å². The third-order valence-corrected chi connectivity index (χ3v) is 4.82. The molecule has 27 heavy (non-hydrogen) atoms. The molecule has 7 nitrogen and oxygen atoms in total. The number of aryl methyl sites for hydroxylation is 1. The normalized spacial score (nSPS) is 18.1. The lowest BCUT2D eigenvalue weighted by molar-refractivity contribution is 0.156. The summed E-state index contributed by atoms with van der Waals surface area (Å²) in [5.41, 5.74) is 2.35. The molecule has 0 saturated heterocycles. The summed E-state index contributed by atoms with van der Waals surface area (Å²) in [6.45, 7) is -0.0806. The van der Waals surface area contributed by atoms with Crippen LogP contribution in [0.15, 0.2) is 24.3 Å². The van der Waals surface area contributed by atoms with Crippen LogP contribution in [0.4, 0.5) is 0 Å². The maximum atomic E-state index is 10.0. The van der Waals surface area contributed by atoms with Crippen LogP contribution in [0.3, 0.4) is 0 Å². The lowest BCUT2D eigenvalue weighted by atomic mass is 9.90. The Morgan fingerprint density at radius 2 is 1.74 bits per heavy atom. The van der Waals surface area contributed by atoms with Crippen molar-refractivity contribution in [2.45, 2.75) is 24.9 Å². The Balaban J connectivity index is 2.04. The molecule has 0 bridgehead atoms. The van der Waals surface area contributed by atoms with E-state index in [9.17, 15) is 15.3 Å². The number of hydrogen-bond acceptors (Lipinski definition) is 7. The number of rotatable bonds is 7. The van der Waals surface area contributed by atoms with Gasteiger partial charge in [0, 0.05) is 17.7 Å². The van der Waals surface area contributed by atoms with Crippen LogP contribution in [-0.2, 0) is 6.42 Å². The Morgan fingerprint density at radius 3 is 2.37 bits per heavy atom. The Kier molecular flexibility index (Phi) is 5.62. The van der Waals surface area contributed by atoms with Gasteiger partial charge in [-0.15, -0.1) is 0 Å². The van der Waals surface area contributed by atoms with Crippen LogP contribution in [0.5, 0.6) is 28.7 Å². The van der Waals surface area contributed by atoms with Crippen molar-refractivity contribution in [2.75, 3.05) is 27.4 Å². The summed E-state index contributed by atoms with van der Waals surface area (Å²) in [5, 5.41) is 39.0. The highest BCUT2D eigenvalue weighted by molar-refractivity contribution is 5.57. The highest BCUT2D eigenvalue weighted by Crippen LogP contribution is 2.52. The van der Waals surface area contributed by atoms with Crippen molar-refractivity contribution in [3.63, 3.8) is 0 Å². The van der Waals surface area contributed by atoms with Crippen molar-refractivity contribution in [2.24, 2.45) is 0 Å². The average Bonchev–Trinajstić information content (AvgIpc) is 3.06. The predicted octanol–water partition coefficient (Wildman–Crippen LogP) is 2.25. The third kappa shape index (κ3) is 3.48. The van der Waals surface area contributed by atoms with E-state index in [0.29, 0.717) is 29.9 Å². The number of benzene rings is 2. The van der Waals surface area contributed by atoms with Crippen LogP contribution in [-0.4, -0.2) is 47.9 Å². The fourth-order valence-electron chi connectivity index (χ4n) is 3.46. The predicted molar refractivity (Wildman–Crippen MR) is 97.9 cm³/mol. The molecule has 0 unspecified atom stereocenters. The van der Waals surface area contributed by atoms with Gasteiger partial charge in [0.2, 0.25) is 5.75 Å². The van der Waals surface area contributed by atoms with Gasteiger partial charge in [0.1, 0.15) is 6.10 Å². The summed E-state index contributed by atoms with van der Waals surface area (Å²) < 4.78 is 16.7. The molecule has 0 spiro atoms. The van der Waals surface area contributed by atoms with Crippen molar-refractivity contribution in [3.05, 3.63) is 41.0 Å². The molecule has 146 valence electrons. The maximum absolute atomic E-state index is 10.0. The van der Waals surface area contributed by atoms with Crippen LogP contribution in [0.1, 0.15) is 35.1 Å². The third-order valence-electron chi connectivity index (χ3n) is 4.82. The quantitative estimate of drug-likeness (QED) is 0.549. The zero-order valence-electron chi connectivity index (χ0n) is 15.3. The summed E-state index contributed by atoms with van der Waals surface area (Å²) >= 11 is 0. The molecular formula is C20H24O7. The highest BCUT2D eigenvalue weighted by atomic mass is 16.5. The molecule has 2 aromatic carbocycles. The molecule has 0 aliphatic carbocycles. The van der Waals surface area contributed by atoms with E-state index >= 15 is 0 Å². The summed E-state index contributed by atoms with van der Waals surface area (Å²) in [6, 6.07) is 6.79. The first-order valence-corrected chi connectivity index (χ1v) is 8.73. The molecule has 2 atom stereocenters. The second-order valence-corrected chi connectivity index (χ2v) is 6.46. The second-order valence-electron chi connectivity index (χ2n) is 6.46. The van der Waals surface area contributed by atoms with E-state index in [4.69, 9.17) is 19.3 Å². The van der Waals surface area contributed by atoms with E-state index in [2.05, 4.69) is 0 Å². The van der Waals surface area contributed by atoms with Crippen molar-refractivity contribution in [1.82, 2.24) is 0 Å². The van der Waals surface area contributed by atoms with E-state index in [1.165, 1.54) is 13.2 Å². The number of phenols is 2. The molecule has 7 heteroatoms. The monoisotopic (exact) mass is 376 g/mol. The Bertz CT molecular complexity index is 818. The molecule has 0 radical (unpaired) electrons. The first-order valence-electron chi connectivity index (χ1n) is 8.73. The first kappa shape index (κ1) is 19.1. The highest BCUT2D eigenvalue weighted by Gasteiger charge is 2.38. The Morgan fingerprint density at radius 1 is 1.00 bits per heavy atom. The molecule has 1 heterocycles. The fraction of sp³-hybridized carbons (Fsp3) is 0.400. The van der Waals surface area contributed by atoms with E-state index in [1.807, 2.05) is 12.1 Å². The van der Waals surface area contributed by atoms with Gasteiger partial charge in [-0.3, -0.25) is 0 Å². The SMILES string of the molecule is COc1cc([C@H]2Oc3c(OC)cc(CCCO)cc3[C@@H]2CO)cc(O)c1O. The molecule has 0 amide bonds. The van der Waals surface area contributed by atoms with Gasteiger partial charge in [-0.2, -0.15) is 0 Å². The van der Waals surface area contributed by atoms with Crippen LogP contribution in [0.25, 0.3) is 0 Å². The topological polar surface area (TPSA) is 109 Å². The molecule has 1 aliphatic rings. The number of phenolic OH excluding ortho intramolecular Hbond substituents is 2. The lowest BCUT2D eigenvalue weighted by Crippen LogP contribution is -2.13. The van der Waals surface area contributed by atoms with E-state index in [0.717, 1.165) is 11.1 Å². The van der Waals surface area contributed by atoms with E-state index < -0.39 is 6.10 Å². The van der Waals surface area contributed by atoms with Crippen molar-refractivity contribution < 1.29 is 34.6 Å². The van der Waals surface area contributed by atoms with Crippen LogP contribution in [0, 0.1) is 0 Å². The van der Waals surface area contributed by atoms with Gasteiger partial charge >= 0.3 is 0 Å². The van der Waals surface area contributed by atoms with E-state index in [1.54, 1.807) is 13.2 Å². The smallest absolute Gasteiger partial charge is 0.200 e. The number of aliphatic hydroxyl groups excluding tert-OH is 2. The minimum atomic E-state index is -0.576. The molecule has 2 aromatic rings. The Labute approximate surface area is 157 Å². The number of aromatic hydroxyl groups is 2. The average molecular weight is 376 g/mol. The van der Waals surface area contributed by atoms with Gasteiger partial charge in [-0.1, -0.05) is 6.07 Å². The van der Waals surface area contributed by atoms with Gasteiger partial charge in [0.15, 0.2) is 23.0 Å². The first-order chi connectivity index (χ1) is 13.0. The van der Waals surface area contributed by atoms with Crippen molar-refractivity contribution in [3.8, 4) is 28.7 Å². The molecule has 4 N–H and O–H groups in total. The summed E-state index contributed by atoms with van der Waals surface area (Å²) in [6.07, 6.45) is 0.725. The number of hydrogen-bond donors (Lipinski definition) is 4. The fourth-order valence-corrected chi connectivity index (χ4v) is 3.46. The number of ether oxygens (including phenoxy) is 3. The number of aliphatic hydroxyl groups is 2. The molecular weight excluding hydrogens is 352 g/mol. The molecule has 0 saturated carbocycles. The summed E-state index contributed by atoms with van der Waals surface area (Å²) in [5.74, 6) is 0.169. The van der Waals surface area contributed by atoms with Gasteiger partial charge in [0.25, 0.3) is 0 Å². The zero-order valence-corrected chi connectivity index (χ0v) is 15.3. The van der Waals surface area contributed by atoms with Crippen molar-refractivity contribution in [1.29, 1.82) is 0 Å². The number of fused-ring (bicyclic) bond motifs is 1. The standard InChI is InChI=1S/C20H24O7/c1-25-16-9-12(8-15(23)18(16)24)19-14(10-22)13-6-11(4-3-5-21)7-17(26-2)20(13)27-19/h6-9,14,19,21-24H,3-5,10H2,1-2H3/t14-,19+/m0/s1. The Hall–Kier alpha value is -2.64. The lowest BCUT2D eigenvalue weighted by Gasteiger charge is -2.19. The van der Waals surface area contributed by atoms with Crippen molar-refractivity contribution >= 4 is 0 Å². The van der Waals surface area contributed by atoms with E-state index in [-0.39, 0.29) is 36.4 Å². The van der Waals surface area contributed by atoms with Gasteiger partial charge in [-0.05, 0) is 36.6 Å². The van der Waals surface area contributed by atoms with Gasteiger partial charge in [-0.25, -0.2) is 0 Å². The van der Waals surface area contributed by atoms with Crippen LogP contribution >= 0.6 is 0 Å². The zero-order chi connectivity index (χ0) is 19.6. The molecule has 0 aromatic heterocycles. The largest absolute Gasteiger partial charge is 0.504 e. The second kappa shape index (κ2) is 7.94. The van der Waals surface area contributed by atoms with Gasteiger partial charge in [0.05, 0.1) is 26.7 Å². The summed E-state index contributed by atoms with van der Waals surface area (Å²) in [4.78, 5) is 0. The molecule has 3 rings (SSSR count). The minimum Gasteiger partial charge on any atom is -0.504 e. The number of methoxy groups -OCH3 is 2.